The van der Waals surface area contributed by atoms with Gasteiger partial charge in [-0.2, -0.15) is 5.11 Å². The standard InChI is InChI=1S/C32H38N4O3/c1-21(22-9-5-4-6-10-22)39-26-14-8-12-24(18-26)23-11-7-13-25(17-23)36-16-15-27(32(37)38-3)31(36)29-19-28(29)30(35-33)20-34-2/h7-8,11-18,20-22,28-29,33-34H,4-6,9-10,19H2,1-3H3/b30-20-,35-33?/t21?,28?,29-/m1/s1. The summed E-state index contributed by atoms with van der Waals surface area (Å²) >= 11 is 0. The van der Waals surface area contributed by atoms with Gasteiger partial charge in [0.05, 0.1) is 24.5 Å². The lowest BCUT2D eigenvalue weighted by molar-refractivity contribution is 0.0599. The summed E-state index contributed by atoms with van der Waals surface area (Å²) in [5, 5.41) is 6.70. The molecule has 1 heterocycles. The number of aromatic nitrogens is 1. The Morgan fingerprint density at radius 3 is 2.56 bits per heavy atom. The van der Waals surface area contributed by atoms with Crippen molar-refractivity contribution < 1.29 is 14.3 Å². The van der Waals surface area contributed by atoms with Crippen LogP contribution in [0.15, 0.2) is 77.8 Å². The Hall–Kier alpha value is -3.87. The number of benzene rings is 2. The van der Waals surface area contributed by atoms with Crippen LogP contribution in [-0.4, -0.2) is 30.8 Å². The Labute approximate surface area is 230 Å². The third-order valence-electron chi connectivity index (χ3n) is 8.20. The Morgan fingerprint density at radius 1 is 1.10 bits per heavy atom. The van der Waals surface area contributed by atoms with Crippen LogP contribution in [0.5, 0.6) is 5.75 Å². The molecule has 0 spiro atoms. The topological polar surface area (TPSA) is 88.7 Å². The molecule has 7 nitrogen and oxygen atoms in total. The Morgan fingerprint density at radius 2 is 1.85 bits per heavy atom. The van der Waals surface area contributed by atoms with Gasteiger partial charge < -0.3 is 19.4 Å². The van der Waals surface area contributed by atoms with Crippen molar-refractivity contribution in [3.05, 3.63) is 83.9 Å². The van der Waals surface area contributed by atoms with Crippen LogP contribution in [0, 0.1) is 17.4 Å². The van der Waals surface area contributed by atoms with Gasteiger partial charge >= 0.3 is 5.97 Å². The molecule has 7 heteroatoms. The van der Waals surface area contributed by atoms with Gasteiger partial charge in [0.15, 0.2) is 0 Å². The predicted molar refractivity (Wildman–Crippen MR) is 152 cm³/mol. The van der Waals surface area contributed by atoms with Gasteiger partial charge in [-0.25, -0.2) is 10.3 Å². The maximum absolute atomic E-state index is 12.7. The molecular formula is C32H38N4O3. The van der Waals surface area contributed by atoms with Crippen LogP contribution in [0.3, 0.4) is 0 Å². The van der Waals surface area contributed by atoms with Gasteiger partial charge in [0, 0.05) is 42.7 Å². The molecule has 0 bridgehead atoms. The first-order valence-corrected chi connectivity index (χ1v) is 14.0. The van der Waals surface area contributed by atoms with Crippen molar-refractivity contribution in [2.75, 3.05) is 14.2 Å². The Balaban J connectivity index is 1.43. The summed E-state index contributed by atoms with van der Waals surface area (Å²) in [6.07, 6.45) is 11.2. The quantitative estimate of drug-likeness (QED) is 0.212. The number of ether oxygens (including phenoxy) is 2. The number of hydrogen-bond acceptors (Lipinski definition) is 6. The predicted octanol–water partition coefficient (Wildman–Crippen LogP) is 7.47. The van der Waals surface area contributed by atoms with Gasteiger partial charge in [0.1, 0.15) is 5.75 Å². The average Bonchev–Trinajstić information content (AvgIpc) is 3.64. The van der Waals surface area contributed by atoms with Crippen LogP contribution in [0.2, 0.25) is 0 Å². The summed E-state index contributed by atoms with van der Waals surface area (Å²) in [6, 6.07) is 18.5. The van der Waals surface area contributed by atoms with Crippen molar-refractivity contribution in [2.45, 2.75) is 57.5 Å². The number of esters is 1. The zero-order valence-electron chi connectivity index (χ0n) is 23.0. The number of rotatable bonds is 10. The first kappa shape index (κ1) is 26.7. The molecule has 0 aliphatic heterocycles. The molecule has 39 heavy (non-hydrogen) atoms. The molecule has 0 amide bonds. The van der Waals surface area contributed by atoms with E-state index in [1.807, 2.05) is 24.4 Å². The van der Waals surface area contributed by atoms with Crippen LogP contribution in [0.25, 0.3) is 16.8 Å². The summed E-state index contributed by atoms with van der Waals surface area (Å²) in [5.41, 5.74) is 12.8. The van der Waals surface area contributed by atoms with Gasteiger partial charge in [-0.15, -0.1) is 0 Å². The summed E-state index contributed by atoms with van der Waals surface area (Å²) in [7, 11) is 3.21. The summed E-state index contributed by atoms with van der Waals surface area (Å²) in [6.45, 7) is 2.20. The first-order chi connectivity index (χ1) is 19.0. The summed E-state index contributed by atoms with van der Waals surface area (Å²) in [4.78, 5) is 12.7. The van der Waals surface area contributed by atoms with E-state index < -0.39 is 0 Å². The van der Waals surface area contributed by atoms with E-state index in [1.54, 1.807) is 13.2 Å². The molecule has 2 aliphatic carbocycles. The Kier molecular flexibility index (Phi) is 8.15. The van der Waals surface area contributed by atoms with E-state index >= 15 is 0 Å². The lowest BCUT2D eigenvalue weighted by Crippen LogP contribution is -2.25. The zero-order valence-corrected chi connectivity index (χ0v) is 23.0. The molecule has 2 aromatic carbocycles. The fourth-order valence-electron chi connectivity index (χ4n) is 6.02. The lowest BCUT2D eigenvalue weighted by atomic mass is 9.86. The molecule has 2 N–H and O–H groups in total. The van der Waals surface area contributed by atoms with Crippen LogP contribution in [-0.2, 0) is 4.74 Å². The summed E-state index contributed by atoms with van der Waals surface area (Å²) < 4.78 is 13.6. The lowest BCUT2D eigenvalue weighted by Gasteiger charge is -2.28. The van der Waals surface area contributed by atoms with Crippen molar-refractivity contribution in [1.29, 1.82) is 5.53 Å². The molecular weight excluding hydrogens is 488 g/mol. The highest BCUT2D eigenvalue weighted by atomic mass is 16.5. The number of nitrogens with zero attached hydrogens (tertiary/aromatic N) is 2. The maximum atomic E-state index is 12.7. The molecule has 0 saturated heterocycles. The van der Waals surface area contributed by atoms with E-state index in [0.29, 0.717) is 17.2 Å². The van der Waals surface area contributed by atoms with Gasteiger partial charge in [0.25, 0.3) is 0 Å². The van der Waals surface area contributed by atoms with Crippen LogP contribution in [0.4, 0.5) is 0 Å². The number of carbonyl (C=O) groups is 1. The van der Waals surface area contributed by atoms with Gasteiger partial charge in [-0.05, 0) is 73.6 Å². The average molecular weight is 527 g/mol. The number of nitrogens with one attached hydrogen (secondary N) is 2. The van der Waals surface area contributed by atoms with Crippen molar-refractivity contribution >= 4 is 5.97 Å². The number of carbonyl (C=O) groups excluding carboxylic acids is 1. The van der Waals surface area contributed by atoms with Gasteiger partial charge in [-0.3, -0.25) is 0 Å². The molecule has 5 rings (SSSR count). The smallest absolute Gasteiger partial charge is 0.339 e. The second kappa shape index (κ2) is 11.9. The van der Waals surface area contributed by atoms with Crippen LogP contribution >= 0.6 is 0 Å². The van der Waals surface area contributed by atoms with Gasteiger partial charge in [-0.1, -0.05) is 43.5 Å². The highest BCUT2D eigenvalue weighted by Crippen LogP contribution is 2.53. The number of methoxy groups -OCH3 is 1. The second-order valence-corrected chi connectivity index (χ2v) is 10.7. The molecule has 204 valence electrons. The molecule has 2 fully saturated rings. The van der Waals surface area contributed by atoms with Gasteiger partial charge in [0.2, 0.25) is 0 Å². The zero-order chi connectivity index (χ0) is 27.4. The SMILES string of the molecule is CN/C=C(\N=N)C1C[C@H]1c1c(C(=O)OC)ccn1-c1cccc(-c2cccc(OC(C)C3CCCCC3)c2)c1. The van der Waals surface area contributed by atoms with Crippen LogP contribution < -0.4 is 10.1 Å². The van der Waals surface area contributed by atoms with E-state index in [4.69, 9.17) is 15.0 Å². The first-order valence-electron chi connectivity index (χ1n) is 14.0. The minimum absolute atomic E-state index is 0.0736. The second-order valence-electron chi connectivity index (χ2n) is 10.7. The van der Waals surface area contributed by atoms with E-state index in [0.717, 1.165) is 34.7 Å². The van der Waals surface area contributed by atoms with E-state index in [2.05, 4.69) is 58.3 Å². The monoisotopic (exact) mass is 526 g/mol. The highest BCUT2D eigenvalue weighted by Gasteiger charge is 2.45. The van der Waals surface area contributed by atoms with E-state index in [1.165, 1.54) is 39.2 Å². The normalized spacial score (nSPS) is 20.2. The molecule has 0 radical (unpaired) electrons. The van der Waals surface area contributed by atoms with Crippen molar-refractivity contribution in [3.8, 4) is 22.6 Å². The minimum atomic E-state index is -0.357. The summed E-state index contributed by atoms with van der Waals surface area (Å²) in [5.74, 6) is 1.32. The largest absolute Gasteiger partial charge is 0.490 e. The third kappa shape index (κ3) is 5.77. The van der Waals surface area contributed by atoms with E-state index in [9.17, 15) is 4.79 Å². The number of hydrogen-bond donors (Lipinski definition) is 2. The maximum Gasteiger partial charge on any atom is 0.339 e. The van der Waals surface area contributed by atoms with E-state index in [-0.39, 0.29) is 23.9 Å². The third-order valence-corrected chi connectivity index (χ3v) is 8.20. The molecule has 3 atom stereocenters. The fraction of sp³-hybridized carbons (Fsp3) is 0.406. The molecule has 2 aliphatic rings. The van der Waals surface area contributed by atoms with Crippen molar-refractivity contribution in [3.63, 3.8) is 0 Å². The highest BCUT2D eigenvalue weighted by molar-refractivity contribution is 5.91. The van der Waals surface area contributed by atoms with Crippen molar-refractivity contribution in [2.24, 2.45) is 17.0 Å². The molecule has 2 saturated carbocycles. The molecule has 2 unspecified atom stereocenters. The Bertz CT molecular complexity index is 1350. The van der Waals surface area contributed by atoms with Crippen molar-refractivity contribution in [1.82, 2.24) is 9.88 Å². The van der Waals surface area contributed by atoms with Crippen LogP contribution in [0.1, 0.15) is 67.4 Å². The fourth-order valence-corrected chi connectivity index (χ4v) is 6.02. The number of allylic oxidation sites excluding steroid dienone is 1. The molecule has 1 aromatic heterocycles. The minimum Gasteiger partial charge on any atom is -0.490 e. The molecule has 3 aromatic rings.